The predicted molar refractivity (Wildman–Crippen MR) is 81.2 cm³/mol. The number of sulfone groups is 1. The fourth-order valence-corrected chi connectivity index (χ4v) is 4.33. The number of alkyl halides is 2. The molecule has 3 rings (SSSR count). The van der Waals surface area contributed by atoms with Crippen LogP contribution in [0.1, 0.15) is 30.1 Å². The van der Waals surface area contributed by atoms with E-state index in [2.05, 4.69) is 10.4 Å². The normalized spacial score (nSPS) is 19.0. The summed E-state index contributed by atoms with van der Waals surface area (Å²) in [5.74, 6) is -0.468. The summed E-state index contributed by atoms with van der Waals surface area (Å²) in [6.45, 7) is -0.210. The van der Waals surface area contributed by atoms with E-state index in [0.29, 0.717) is 5.56 Å². The molecule has 0 aliphatic carbocycles. The minimum atomic E-state index is -3.33. The average Bonchev–Trinajstić information content (AvgIpc) is 2.99. The average molecular weight is 355 g/mol. The molecular formula is C15H15F2N3O3S. The molecular weight excluding hydrogens is 340 g/mol. The summed E-state index contributed by atoms with van der Waals surface area (Å²) < 4.78 is 50.2. The third-order valence-electron chi connectivity index (χ3n) is 3.83. The van der Waals surface area contributed by atoms with Crippen LogP contribution < -0.4 is 5.32 Å². The smallest absolute Gasteiger partial charge is 0.282 e. The molecule has 2 aromatic rings. The summed E-state index contributed by atoms with van der Waals surface area (Å²) in [7, 11) is -3.33. The van der Waals surface area contributed by atoms with E-state index < -0.39 is 33.9 Å². The third kappa shape index (κ3) is 3.30. The number of rotatable bonds is 4. The van der Waals surface area contributed by atoms with Gasteiger partial charge in [-0.2, -0.15) is 5.10 Å². The Morgan fingerprint density at radius 2 is 2.08 bits per heavy atom. The first-order chi connectivity index (χ1) is 11.4. The van der Waals surface area contributed by atoms with E-state index in [1.165, 1.54) is 12.3 Å². The first kappa shape index (κ1) is 16.6. The predicted octanol–water partition coefficient (Wildman–Crippen LogP) is 1.86. The van der Waals surface area contributed by atoms with Crippen LogP contribution in [0.5, 0.6) is 0 Å². The van der Waals surface area contributed by atoms with Gasteiger partial charge in [-0.25, -0.2) is 17.2 Å². The molecule has 1 amide bonds. The first-order valence-corrected chi connectivity index (χ1v) is 8.94. The zero-order chi connectivity index (χ0) is 17.3. The van der Waals surface area contributed by atoms with Gasteiger partial charge in [-0.05, 0) is 24.1 Å². The highest BCUT2D eigenvalue weighted by Gasteiger charge is 2.30. The molecule has 9 heteroatoms. The van der Waals surface area contributed by atoms with Crippen molar-refractivity contribution >= 4 is 15.7 Å². The van der Waals surface area contributed by atoms with Crippen LogP contribution in [0, 0.1) is 0 Å². The molecule has 1 aliphatic rings. The fraction of sp³-hybridized carbons (Fsp3) is 0.333. The van der Waals surface area contributed by atoms with Crippen LogP contribution in [0.2, 0.25) is 0 Å². The van der Waals surface area contributed by atoms with E-state index in [9.17, 15) is 22.0 Å². The summed E-state index contributed by atoms with van der Waals surface area (Å²) in [5, 5.41) is 6.37. The number of nitrogens with one attached hydrogen (secondary N) is 1. The quantitative estimate of drug-likeness (QED) is 0.908. The Morgan fingerprint density at radius 1 is 1.33 bits per heavy atom. The fourth-order valence-electron chi connectivity index (χ4n) is 2.71. The van der Waals surface area contributed by atoms with Gasteiger partial charge in [0.25, 0.3) is 6.43 Å². The highest BCUT2D eigenvalue weighted by atomic mass is 32.2. The van der Waals surface area contributed by atoms with Crippen molar-refractivity contribution in [3.63, 3.8) is 0 Å². The van der Waals surface area contributed by atoms with E-state index in [-0.39, 0.29) is 23.6 Å². The molecule has 24 heavy (non-hydrogen) atoms. The van der Waals surface area contributed by atoms with Crippen LogP contribution in [0.15, 0.2) is 41.4 Å². The maximum Gasteiger partial charge on any atom is 0.282 e. The number of benzene rings is 1. The molecule has 0 saturated heterocycles. The number of fused-ring (bicyclic) bond motifs is 1. The third-order valence-corrected chi connectivity index (χ3v) is 5.65. The summed E-state index contributed by atoms with van der Waals surface area (Å²) in [4.78, 5) is 12.3. The van der Waals surface area contributed by atoms with E-state index in [0.717, 1.165) is 10.7 Å². The maximum atomic E-state index is 12.5. The highest BCUT2D eigenvalue weighted by molar-refractivity contribution is 7.91. The van der Waals surface area contributed by atoms with Gasteiger partial charge in [0.05, 0.1) is 16.7 Å². The Bertz CT molecular complexity index is 864. The van der Waals surface area contributed by atoms with Gasteiger partial charge in [0.15, 0.2) is 9.84 Å². The van der Waals surface area contributed by atoms with Crippen LogP contribution >= 0.6 is 0 Å². The van der Waals surface area contributed by atoms with E-state index in [1.54, 1.807) is 18.2 Å². The van der Waals surface area contributed by atoms with Crippen LogP contribution in [0.25, 0.3) is 0 Å². The highest BCUT2D eigenvalue weighted by Crippen LogP contribution is 2.31. The van der Waals surface area contributed by atoms with Gasteiger partial charge >= 0.3 is 0 Å². The largest absolute Gasteiger partial charge is 0.348 e. The van der Waals surface area contributed by atoms with Crippen LogP contribution in [-0.4, -0.2) is 29.9 Å². The molecule has 0 fully saturated rings. The number of nitrogens with zero attached hydrogens (tertiary/aromatic N) is 2. The summed E-state index contributed by atoms with van der Waals surface area (Å²) in [6, 6.07) is 7.26. The van der Waals surface area contributed by atoms with Crippen LogP contribution in [0.3, 0.4) is 0 Å². The van der Waals surface area contributed by atoms with Gasteiger partial charge in [-0.3, -0.25) is 9.48 Å². The number of hydrogen-bond acceptors (Lipinski definition) is 4. The molecule has 0 saturated carbocycles. The minimum Gasteiger partial charge on any atom is -0.348 e. The van der Waals surface area contributed by atoms with Gasteiger partial charge in [0.2, 0.25) is 5.91 Å². The standard InChI is InChI=1S/C15H15F2N3O3S/c16-15(17)12-5-7-20(19-12)9-14(21)18-11-6-8-24(22,23)13-4-2-1-3-10(11)13/h1-5,7,11,15H,6,8-9H2,(H,18,21). The Balaban J connectivity index is 1.73. The number of hydrogen-bond donors (Lipinski definition) is 1. The Morgan fingerprint density at radius 3 is 2.79 bits per heavy atom. The second kappa shape index (κ2) is 6.31. The number of halogens is 2. The summed E-state index contributed by atoms with van der Waals surface area (Å²) >= 11 is 0. The van der Waals surface area contributed by atoms with Gasteiger partial charge in [-0.1, -0.05) is 18.2 Å². The van der Waals surface area contributed by atoms with Crippen LogP contribution in [0.4, 0.5) is 8.78 Å². The minimum absolute atomic E-state index is 0.0493. The molecule has 1 aromatic heterocycles. The van der Waals surface area contributed by atoms with Crippen molar-refractivity contribution in [2.75, 3.05) is 5.75 Å². The van der Waals surface area contributed by atoms with Crippen molar-refractivity contribution in [3.8, 4) is 0 Å². The van der Waals surface area contributed by atoms with Crippen molar-refractivity contribution in [2.45, 2.75) is 30.3 Å². The Labute approximate surface area is 137 Å². The number of amides is 1. The second-order valence-electron chi connectivity index (χ2n) is 5.50. The Hall–Kier alpha value is -2.29. The van der Waals surface area contributed by atoms with Crippen molar-refractivity contribution in [3.05, 3.63) is 47.8 Å². The maximum absolute atomic E-state index is 12.5. The SMILES string of the molecule is O=C(Cn1ccc(C(F)F)n1)NC1CCS(=O)(=O)c2ccccc21. The molecule has 1 aliphatic heterocycles. The number of carbonyl (C=O) groups excluding carboxylic acids is 1. The van der Waals surface area contributed by atoms with Crippen molar-refractivity contribution in [1.29, 1.82) is 0 Å². The molecule has 1 atom stereocenters. The van der Waals surface area contributed by atoms with Gasteiger partial charge < -0.3 is 5.32 Å². The molecule has 0 spiro atoms. The molecule has 0 bridgehead atoms. The van der Waals surface area contributed by atoms with Gasteiger partial charge in [0.1, 0.15) is 12.2 Å². The topological polar surface area (TPSA) is 81.1 Å². The zero-order valence-electron chi connectivity index (χ0n) is 12.5. The molecule has 0 radical (unpaired) electrons. The van der Waals surface area contributed by atoms with Gasteiger partial charge in [0, 0.05) is 6.20 Å². The lowest BCUT2D eigenvalue weighted by Gasteiger charge is -2.26. The monoisotopic (exact) mass is 355 g/mol. The zero-order valence-corrected chi connectivity index (χ0v) is 13.3. The van der Waals surface area contributed by atoms with Crippen molar-refractivity contribution in [1.82, 2.24) is 15.1 Å². The number of aromatic nitrogens is 2. The van der Waals surface area contributed by atoms with Crippen molar-refractivity contribution in [2.24, 2.45) is 0 Å². The van der Waals surface area contributed by atoms with E-state index in [4.69, 9.17) is 0 Å². The lowest BCUT2D eigenvalue weighted by molar-refractivity contribution is -0.122. The lowest BCUT2D eigenvalue weighted by atomic mass is 10.0. The van der Waals surface area contributed by atoms with Crippen LogP contribution in [-0.2, 0) is 21.2 Å². The van der Waals surface area contributed by atoms with E-state index in [1.807, 2.05) is 0 Å². The molecule has 1 unspecified atom stereocenters. The molecule has 6 nitrogen and oxygen atoms in total. The summed E-state index contributed by atoms with van der Waals surface area (Å²) in [5.41, 5.74) is 0.155. The lowest BCUT2D eigenvalue weighted by Crippen LogP contribution is -2.35. The van der Waals surface area contributed by atoms with Crippen molar-refractivity contribution < 1.29 is 22.0 Å². The number of carbonyl (C=O) groups is 1. The Kier molecular flexibility index (Phi) is 4.35. The first-order valence-electron chi connectivity index (χ1n) is 7.29. The van der Waals surface area contributed by atoms with Gasteiger partial charge in [-0.15, -0.1) is 0 Å². The second-order valence-corrected chi connectivity index (χ2v) is 7.58. The summed E-state index contributed by atoms with van der Waals surface area (Å²) in [6.07, 6.45) is -1.11. The molecule has 1 N–H and O–H groups in total. The molecule has 2 heterocycles. The van der Waals surface area contributed by atoms with E-state index >= 15 is 0 Å². The molecule has 1 aromatic carbocycles. The molecule has 128 valence electrons.